The van der Waals surface area contributed by atoms with Gasteiger partial charge in [0.15, 0.2) is 11.1 Å². The van der Waals surface area contributed by atoms with Gasteiger partial charge in [0, 0.05) is 70.9 Å². The first-order chi connectivity index (χ1) is 11.2. The summed E-state index contributed by atoms with van der Waals surface area (Å²) in [6.45, 7) is 5.66. The normalized spacial score (nSPS) is 21.5. The highest BCUT2D eigenvalue weighted by molar-refractivity contribution is 14.0. The fourth-order valence-electron chi connectivity index (χ4n) is 2.99. The van der Waals surface area contributed by atoms with Gasteiger partial charge in [0.1, 0.15) is 0 Å². The molecule has 2 saturated heterocycles. The lowest BCUT2D eigenvalue weighted by Crippen LogP contribution is -2.51. The van der Waals surface area contributed by atoms with Gasteiger partial charge >= 0.3 is 0 Å². The summed E-state index contributed by atoms with van der Waals surface area (Å²) in [6.07, 6.45) is 3.59. The van der Waals surface area contributed by atoms with Crippen LogP contribution in [0, 0.1) is 0 Å². The zero-order valence-corrected chi connectivity index (χ0v) is 17.2. The standard InChI is InChI=1S/C15H25N5O2S.HI/c1-21-15(2-9-22-10-3-15)12-18-13(16)19-5-7-20(8-6-19)14-17-4-11-23-14;/h4,11H,2-3,5-10,12H2,1H3,(H2,16,18);1H. The van der Waals surface area contributed by atoms with E-state index in [9.17, 15) is 0 Å². The highest BCUT2D eigenvalue weighted by Crippen LogP contribution is 2.25. The summed E-state index contributed by atoms with van der Waals surface area (Å²) in [4.78, 5) is 13.4. The van der Waals surface area contributed by atoms with Gasteiger partial charge in [-0.3, -0.25) is 4.99 Å². The lowest BCUT2D eigenvalue weighted by Gasteiger charge is -2.37. The Bertz CT molecular complexity index is 514. The smallest absolute Gasteiger partial charge is 0.191 e. The monoisotopic (exact) mass is 467 g/mol. The molecule has 0 saturated carbocycles. The van der Waals surface area contributed by atoms with Crippen LogP contribution in [0.1, 0.15) is 12.8 Å². The Morgan fingerprint density at radius 2 is 2.08 bits per heavy atom. The van der Waals surface area contributed by atoms with Crippen molar-refractivity contribution in [3.8, 4) is 0 Å². The van der Waals surface area contributed by atoms with Crippen LogP contribution in [-0.4, -0.2) is 74.5 Å². The summed E-state index contributed by atoms with van der Waals surface area (Å²) < 4.78 is 11.1. The van der Waals surface area contributed by atoms with Crippen LogP contribution >= 0.6 is 35.3 Å². The molecule has 0 atom stereocenters. The van der Waals surface area contributed by atoms with Crippen LogP contribution in [-0.2, 0) is 9.47 Å². The van der Waals surface area contributed by atoms with Crippen LogP contribution in [0.25, 0.3) is 0 Å². The molecule has 0 bridgehead atoms. The van der Waals surface area contributed by atoms with Gasteiger partial charge in [-0.15, -0.1) is 35.3 Å². The highest BCUT2D eigenvalue weighted by atomic mass is 127. The number of aliphatic imine (C=N–C) groups is 1. The third kappa shape index (κ3) is 4.70. The molecule has 0 aromatic carbocycles. The number of halogens is 1. The Balaban J connectivity index is 0.00000208. The van der Waals surface area contributed by atoms with Gasteiger partial charge in [0.25, 0.3) is 0 Å². The Morgan fingerprint density at radius 3 is 2.67 bits per heavy atom. The van der Waals surface area contributed by atoms with Crippen molar-refractivity contribution in [2.75, 3.05) is 57.9 Å². The molecule has 0 radical (unpaired) electrons. The Labute approximate surface area is 164 Å². The van der Waals surface area contributed by atoms with Crippen LogP contribution in [0.4, 0.5) is 5.13 Å². The molecule has 3 rings (SSSR count). The van der Waals surface area contributed by atoms with Crippen LogP contribution in [0.2, 0.25) is 0 Å². The number of guanidine groups is 1. The van der Waals surface area contributed by atoms with Crippen molar-refractivity contribution in [1.82, 2.24) is 9.88 Å². The SMILES string of the molecule is COC1(CN=C(N)N2CCN(c3nccs3)CC2)CCOCC1.I. The average Bonchev–Trinajstić information content (AvgIpc) is 3.15. The molecule has 0 unspecified atom stereocenters. The third-order valence-corrected chi connectivity index (χ3v) is 5.49. The van der Waals surface area contributed by atoms with Crippen molar-refractivity contribution in [2.45, 2.75) is 18.4 Å². The van der Waals surface area contributed by atoms with E-state index in [0.29, 0.717) is 12.5 Å². The summed E-state index contributed by atoms with van der Waals surface area (Å²) in [5, 5.41) is 3.09. The van der Waals surface area contributed by atoms with Gasteiger partial charge in [0.2, 0.25) is 0 Å². The number of piperazine rings is 1. The van der Waals surface area contributed by atoms with E-state index in [-0.39, 0.29) is 29.6 Å². The number of hydrogen-bond acceptors (Lipinski definition) is 6. The molecule has 1 aromatic heterocycles. The molecule has 1 aromatic rings. The molecule has 2 N–H and O–H groups in total. The Hall–Kier alpha value is -0.650. The van der Waals surface area contributed by atoms with Gasteiger partial charge in [-0.05, 0) is 0 Å². The zero-order chi connectivity index (χ0) is 16.1. The second-order valence-electron chi connectivity index (χ2n) is 5.96. The fraction of sp³-hybridized carbons (Fsp3) is 0.733. The van der Waals surface area contributed by atoms with Crippen molar-refractivity contribution < 1.29 is 9.47 Å². The largest absolute Gasteiger partial charge is 0.381 e. The summed E-state index contributed by atoms with van der Waals surface area (Å²) in [5.74, 6) is 0.617. The molecule has 7 nitrogen and oxygen atoms in total. The van der Waals surface area contributed by atoms with Gasteiger partial charge < -0.3 is 25.0 Å². The molecular weight excluding hydrogens is 441 g/mol. The van der Waals surface area contributed by atoms with E-state index in [1.807, 2.05) is 11.6 Å². The molecule has 0 spiro atoms. The Kier molecular flexibility index (Phi) is 7.51. The molecular formula is C15H26IN5O2S. The van der Waals surface area contributed by atoms with Gasteiger partial charge in [0.05, 0.1) is 12.1 Å². The second-order valence-corrected chi connectivity index (χ2v) is 6.84. The van der Waals surface area contributed by atoms with E-state index in [0.717, 1.165) is 57.4 Å². The van der Waals surface area contributed by atoms with Crippen molar-refractivity contribution in [2.24, 2.45) is 10.7 Å². The van der Waals surface area contributed by atoms with E-state index in [1.54, 1.807) is 18.4 Å². The second kappa shape index (κ2) is 9.16. The molecule has 2 aliphatic rings. The van der Waals surface area contributed by atoms with Crippen LogP contribution in [0.5, 0.6) is 0 Å². The topological polar surface area (TPSA) is 76.2 Å². The van der Waals surface area contributed by atoms with E-state index in [1.165, 1.54) is 0 Å². The van der Waals surface area contributed by atoms with Crippen molar-refractivity contribution >= 4 is 46.4 Å². The first-order valence-electron chi connectivity index (χ1n) is 8.05. The number of aromatic nitrogens is 1. The van der Waals surface area contributed by atoms with E-state index < -0.39 is 0 Å². The molecule has 136 valence electrons. The van der Waals surface area contributed by atoms with Crippen LogP contribution in [0.3, 0.4) is 0 Å². The maximum absolute atomic E-state index is 6.20. The minimum atomic E-state index is -0.217. The van der Waals surface area contributed by atoms with Gasteiger partial charge in [-0.2, -0.15) is 0 Å². The third-order valence-electron chi connectivity index (χ3n) is 4.66. The number of ether oxygens (including phenoxy) is 2. The lowest BCUT2D eigenvalue weighted by atomic mass is 9.94. The van der Waals surface area contributed by atoms with E-state index in [4.69, 9.17) is 15.2 Å². The predicted molar refractivity (Wildman–Crippen MR) is 108 cm³/mol. The first-order valence-corrected chi connectivity index (χ1v) is 8.93. The number of rotatable bonds is 4. The number of methoxy groups -OCH3 is 1. The molecule has 0 aliphatic carbocycles. The van der Waals surface area contributed by atoms with Crippen molar-refractivity contribution in [1.29, 1.82) is 0 Å². The summed E-state index contributed by atoms with van der Waals surface area (Å²) in [6, 6.07) is 0. The predicted octanol–water partition coefficient (Wildman–Crippen LogP) is 1.39. The summed E-state index contributed by atoms with van der Waals surface area (Å²) in [7, 11) is 1.75. The quantitative estimate of drug-likeness (QED) is 0.410. The minimum absolute atomic E-state index is 0. The summed E-state index contributed by atoms with van der Waals surface area (Å²) >= 11 is 1.68. The number of anilines is 1. The van der Waals surface area contributed by atoms with Gasteiger partial charge in [-0.25, -0.2) is 4.98 Å². The number of nitrogens with two attached hydrogens (primary N) is 1. The van der Waals surface area contributed by atoms with Crippen LogP contribution < -0.4 is 10.6 Å². The molecule has 24 heavy (non-hydrogen) atoms. The first kappa shape index (κ1) is 19.7. The number of hydrogen-bond donors (Lipinski definition) is 1. The number of nitrogens with zero attached hydrogens (tertiary/aromatic N) is 4. The average molecular weight is 467 g/mol. The van der Waals surface area contributed by atoms with E-state index in [2.05, 4.69) is 19.8 Å². The Morgan fingerprint density at radius 1 is 1.38 bits per heavy atom. The maximum Gasteiger partial charge on any atom is 0.191 e. The zero-order valence-electron chi connectivity index (χ0n) is 14.0. The van der Waals surface area contributed by atoms with Crippen LogP contribution in [0.15, 0.2) is 16.6 Å². The van der Waals surface area contributed by atoms with Crippen molar-refractivity contribution in [3.63, 3.8) is 0 Å². The minimum Gasteiger partial charge on any atom is -0.381 e. The fourth-order valence-corrected chi connectivity index (χ4v) is 3.69. The molecule has 2 fully saturated rings. The number of thiazole rings is 1. The molecule has 3 heterocycles. The maximum atomic E-state index is 6.20. The van der Waals surface area contributed by atoms with Gasteiger partial charge in [-0.1, -0.05) is 0 Å². The molecule has 9 heteroatoms. The molecule has 2 aliphatic heterocycles. The highest BCUT2D eigenvalue weighted by Gasteiger charge is 2.32. The lowest BCUT2D eigenvalue weighted by molar-refractivity contribution is -0.0829. The summed E-state index contributed by atoms with van der Waals surface area (Å²) in [5.41, 5.74) is 5.98. The van der Waals surface area contributed by atoms with E-state index >= 15 is 0 Å². The molecule has 0 amide bonds. The van der Waals surface area contributed by atoms with Crippen molar-refractivity contribution in [3.05, 3.63) is 11.6 Å².